The van der Waals surface area contributed by atoms with Crippen LogP contribution in [0.25, 0.3) is 0 Å². The Hall–Kier alpha value is -0.200. The maximum absolute atomic E-state index is 8.48. The number of hydrogen-bond donors (Lipinski definition) is 3. The number of hydrogen-bond acceptors (Lipinski definition) is 5. The van der Waals surface area contributed by atoms with Gasteiger partial charge in [-0.05, 0) is 6.92 Å². The Kier molecular flexibility index (Phi) is 9.23. The van der Waals surface area contributed by atoms with E-state index in [2.05, 4.69) is 6.92 Å². The number of nitrogens with zero attached hydrogens (tertiary/aromatic N) is 1. The Morgan fingerprint density at radius 1 is 1.07 bits per heavy atom. The highest BCUT2D eigenvalue weighted by atomic mass is 16.6. The lowest BCUT2D eigenvalue weighted by Crippen LogP contribution is -2.32. The van der Waals surface area contributed by atoms with E-state index < -0.39 is 0 Å². The molecule has 86 valence electrons. The number of ether oxygens (including phenoxy) is 1. The summed E-state index contributed by atoms with van der Waals surface area (Å²) in [5.74, 6) is 0. The molecule has 0 spiro atoms. The highest BCUT2D eigenvalue weighted by molar-refractivity contribution is 4.58. The van der Waals surface area contributed by atoms with Crippen LogP contribution in [0.4, 0.5) is 0 Å². The van der Waals surface area contributed by atoms with Crippen LogP contribution in [0, 0.1) is 0 Å². The molecule has 0 radical (unpaired) electrons. The second-order valence-corrected chi connectivity index (χ2v) is 3.16. The summed E-state index contributed by atoms with van der Waals surface area (Å²) in [7, 11) is 0. The van der Waals surface area contributed by atoms with Crippen LogP contribution in [0.1, 0.15) is 6.92 Å². The summed E-state index contributed by atoms with van der Waals surface area (Å²) in [6.07, 6.45) is 0.583. The van der Waals surface area contributed by atoms with E-state index in [4.69, 9.17) is 20.1 Å². The van der Waals surface area contributed by atoms with Crippen LogP contribution in [-0.2, 0) is 4.74 Å². The van der Waals surface area contributed by atoms with Crippen LogP contribution < -0.4 is 0 Å². The first-order valence-corrected chi connectivity index (χ1v) is 4.91. The second kappa shape index (κ2) is 9.36. The Balaban J connectivity index is 0.000000344. The first kappa shape index (κ1) is 13.8. The molecular formula is C9H21NO4. The molecule has 1 rings (SSSR count). The van der Waals surface area contributed by atoms with Gasteiger partial charge in [-0.25, -0.2) is 0 Å². The smallest absolute Gasteiger partial charge is 0.0781 e. The maximum atomic E-state index is 8.48. The molecule has 0 saturated carbocycles. The van der Waals surface area contributed by atoms with E-state index >= 15 is 0 Å². The Morgan fingerprint density at radius 2 is 1.36 bits per heavy atom. The van der Waals surface area contributed by atoms with Crippen LogP contribution in [0.15, 0.2) is 0 Å². The van der Waals surface area contributed by atoms with Crippen LogP contribution in [0.5, 0.6) is 0 Å². The Bertz CT molecular complexity index is 105. The first-order chi connectivity index (χ1) is 6.74. The minimum atomic E-state index is 0.0694. The van der Waals surface area contributed by atoms with E-state index in [1.54, 1.807) is 4.90 Å². The average Bonchev–Trinajstić information content (AvgIpc) is 2.90. The van der Waals surface area contributed by atoms with Crippen molar-refractivity contribution in [2.24, 2.45) is 0 Å². The van der Waals surface area contributed by atoms with Crippen molar-refractivity contribution in [3.05, 3.63) is 0 Å². The van der Waals surface area contributed by atoms with Gasteiger partial charge < -0.3 is 20.1 Å². The number of rotatable bonds is 6. The molecule has 1 atom stereocenters. The van der Waals surface area contributed by atoms with Crippen LogP contribution >= 0.6 is 0 Å². The van der Waals surface area contributed by atoms with Crippen molar-refractivity contribution in [2.45, 2.75) is 13.0 Å². The van der Waals surface area contributed by atoms with Crippen molar-refractivity contribution in [1.82, 2.24) is 4.90 Å². The third-order valence-corrected chi connectivity index (χ3v) is 1.75. The van der Waals surface area contributed by atoms with Gasteiger partial charge >= 0.3 is 0 Å². The zero-order chi connectivity index (χ0) is 10.8. The van der Waals surface area contributed by atoms with Gasteiger partial charge in [-0.1, -0.05) is 0 Å². The van der Waals surface area contributed by atoms with E-state index in [1.807, 2.05) is 0 Å². The summed E-state index contributed by atoms with van der Waals surface area (Å²) in [5.41, 5.74) is 0. The van der Waals surface area contributed by atoms with Gasteiger partial charge in [0.25, 0.3) is 0 Å². The number of aliphatic hydroxyl groups is 3. The Labute approximate surface area is 84.9 Å². The van der Waals surface area contributed by atoms with Gasteiger partial charge in [-0.3, -0.25) is 4.90 Å². The van der Waals surface area contributed by atoms with Gasteiger partial charge in [0.1, 0.15) is 0 Å². The van der Waals surface area contributed by atoms with Gasteiger partial charge in [0.15, 0.2) is 0 Å². The molecule has 14 heavy (non-hydrogen) atoms. The molecule has 1 unspecified atom stereocenters. The Morgan fingerprint density at radius 3 is 1.50 bits per heavy atom. The molecule has 0 aromatic heterocycles. The highest BCUT2D eigenvalue weighted by Gasteiger charge is 2.13. The number of epoxide rings is 1. The quantitative estimate of drug-likeness (QED) is 0.470. The van der Waals surface area contributed by atoms with Crippen LogP contribution in [0.3, 0.4) is 0 Å². The number of aliphatic hydroxyl groups excluding tert-OH is 3. The van der Waals surface area contributed by atoms with Crippen molar-refractivity contribution in [2.75, 3.05) is 46.1 Å². The molecule has 0 amide bonds. The van der Waals surface area contributed by atoms with E-state index in [1.165, 1.54) is 0 Å². The van der Waals surface area contributed by atoms with Crippen molar-refractivity contribution in [3.8, 4) is 0 Å². The zero-order valence-electron chi connectivity index (χ0n) is 8.72. The van der Waals surface area contributed by atoms with Crippen molar-refractivity contribution >= 4 is 0 Å². The molecule has 1 aliphatic heterocycles. The fourth-order valence-corrected chi connectivity index (χ4v) is 0.856. The van der Waals surface area contributed by atoms with Gasteiger partial charge in [0, 0.05) is 19.6 Å². The van der Waals surface area contributed by atoms with Gasteiger partial charge in [0.2, 0.25) is 0 Å². The van der Waals surface area contributed by atoms with Gasteiger partial charge in [-0.15, -0.1) is 0 Å². The van der Waals surface area contributed by atoms with E-state index in [-0.39, 0.29) is 19.8 Å². The van der Waals surface area contributed by atoms with E-state index in [0.29, 0.717) is 25.7 Å². The molecular weight excluding hydrogens is 186 g/mol. The van der Waals surface area contributed by atoms with Crippen LogP contribution in [-0.4, -0.2) is 72.4 Å². The zero-order valence-corrected chi connectivity index (χ0v) is 8.72. The summed E-state index contributed by atoms with van der Waals surface area (Å²) >= 11 is 0. The van der Waals surface area contributed by atoms with E-state index in [9.17, 15) is 0 Å². The minimum absolute atomic E-state index is 0.0694. The van der Waals surface area contributed by atoms with Crippen molar-refractivity contribution in [3.63, 3.8) is 0 Å². The van der Waals surface area contributed by atoms with Crippen LogP contribution in [0.2, 0.25) is 0 Å². The summed E-state index contributed by atoms with van der Waals surface area (Å²) in [6, 6.07) is 0. The summed E-state index contributed by atoms with van der Waals surface area (Å²) in [5, 5.41) is 25.5. The van der Waals surface area contributed by atoms with Gasteiger partial charge in [-0.2, -0.15) is 0 Å². The predicted molar refractivity (Wildman–Crippen MR) is 53.1 cm³/mol. The molecule has 1 aliphatic rings. The molecule has 5 nitrogen and oxygen atoms in total. The fourth-order valence-electron chi connectivity index (χ4n) is 0.856. The minimum Gasteiger partial charge on any atom is -0.395 e. The van der Waals surface area contributed by atoms with Gasteiger partial charge in [0.05, 0.1) is 32.5 Å². The maximum Gasteiger partial charge on any atom is 0.0781 e. The van der Waals surface area contributed by atoms with E-state index in [0.717, 1.165) is 6.61 Å². The normalized spacial score (nSPS) is 19.1. The highest BCUT2D eigenvalue weighted by Crippen LogP contribution is 2.04. The summed E-state index contributed by atoms with van der Waals surface area (Å²) in [6.45, 7) is 4.80. The molecule has 5 heteroatoms. The fraction of sp³-hybridized carbons (Fsp3) is 1.00. The first-order valence-electron chi connectivity index (χ1n) is 4.91. The third kappa shape index (κ3) is 9.88. The lowest BCUT2D eigenvalue weighted by molar-refractivity contribution is 0.136. The predicted octanol–water partition coefficient (Wildman–Crippen LogP) is -1.33. The molecule has 0 aliphatic carbocycles. The monoisotopic (exact) mass is 207 g/mol. The average molecular weight is 207 g/mol. The summed E-state index contributed by atoms with van der Waals surface area (Å²) < 4.78 is 4.71. The lowest BCUT2D eigenvalue weighted by atomic mass is 10.4. The molecule has 3 N–H and O–H groups in total. The molecule has 1 saturated heterocycles. The van der Waals surface area contributed by atoms with Crippen molar-refractivity contribution in [1.29, 1.82) is 0 Å². The third-order valence-electron chi connectivity index (χ3n) is 1.75. The molecule has 1 heterocycles. The van der Waals surface area contributed by atoms with Crippen molar-refractivity contribution < 1.29 is 20.1 Å². The molecule has 0 aromatic carbocycles. The SMILES string of the molecule is CC1CO1.OCCN(CCO)CCO. The summed E-state index contributed by atoms with van der Waals surface area (Å²) in [4.78, 5) is 1.79. The second-order valence-electron chi connectivity index (χ2n) is 3.16. The molecule has 0 bridgehead atoms. The largest absolute Gasteiger partial charge is 0.395 e. The standard InChI is InChI=1S/C6H15NO3.C3H6O/c8-4-1-7(2-5-9)3-6-10;1-3-2-4-3/h8-10H,1-6H2;3H,2H2,1H3. The lowest BCUT2D eigenvalue weighted by Gasteiger charge is -2.17. The molecule has 1 fully saturated rings. The molecule has 0 aromatic rings. The topological polar surface area (TPSA) is 76.5 Å².